The first-order chi connectivity index (χ1) is 5.77. The predicted octanol–water partition coefficient (Wildman–Crippen LogP) is 1.95. The Bertz CT molecular complexity index is 423. The molecule has 0 bridgehead atoms. The van der Waals surface area contributed by atoms with Gasteiger partial charge in [-0.15, -0.1) is 12.6 Å². The van der Waals surface area contributed by atoms with E-state index < -0.39 is 0 Å². The van der Waals surface area contributed by atoms with Crippen LogP contribution in [0.15, 0.2) is 41.6 Å². The van der Waals surface area contributed by atoms with E-state index in [4.69, 9.17) is 0 Å². The van der Waals surface area contributed by atoms with Crippen molar-refractivity contribution in [3.8, 4) is 0 Å². The van der Waals surface area contributed by atoms with Crippen LogP contribution in [0.25, 0.3) is 10.8 Å². The molecule has 0 saturated heterocycles. The van der Waals surface area contributed by atoms with Crippen LogP contribution in [0.5, 0.6) is 0 Å². The molecule has 12 heavy (non-hydrogen) atoms. The first-order valence-electron chi connectivity index (χ1n) is 3.84. The van der Waals surface area contributed by atoms with Crippen LogP contribution in [-0.2, 0) is 7.05 Å². The number of fused-ring (bicyclic) bond motifs is 1. The number of aryl methyl sites for hydroxylation is 1. The van der Waals surface area contributed by atoms with Crippen molar-refractivity contribution in [2.24, 2.45) is 7.05 Å². The lowest BCUT2D eigenvalue weighted by Gasteiger charge is -1.97. The number of thiol groups is 1. The first kappa shape index (κ1) is 7.62. The molecule has 0 aliphatic carbocycles. The summed E-state index contributed by atoms with van der Waals surface area (Å²) in [5, 5.41) is 2.44. The molecule has 2 aromatic rings. The summed E-state index contributed by atoms with van der Waals surface area (Å²) < 4.78 is 2.03. The lowest BCUT2D eigenvalue weighted by atomic mass is 10.2. The Morgan fingerprint density at radius 1 is 1.25 bits per heavy atom. The maximum absolute atomic E-state index is 4.38. The Labute approximate surface area is 77.1 Å². The van der Waals surface area contributed by atoms with Gasteiger partial charge < -0.3 is 0 Å². The van der Waals surface area contributed by atoms with E-state index in [1.165, 1.54) is 10.8 Å². The number of pyridine rings is 1. The fourth-order valence-corrected chi connectivity index (χ4v) is 1.57. The van der Waals surface area contributed by atoms with Gasteiger partial charge in [-0.2, -0.15) is 0 Å². The van der Waals surface area contributed by atoms with Crippen molar-refractivity contribution in [2.45, 2.75) is 4.90 Å². The summed E-state index contributed by atoms with van der Waals surface area (Å²) in [5.74, 6) is 0. The normalized spacial score (nSPS) is 10.5. The van der Waals surface area contributed by atoms with Gasteiger partial charge in [0.1, 0.15) is 7.05 Å². The topological polar surface area (TPSA) is 3.88 Å². The summed E-state index contributed by atoms with van der Waals surface area (Å²) in [6, 6.07) is 8.21. The zero-order chi connectivity index (χ0) is 8.55. The van der Waals surface area contributed by atoms with E-state index in [2.05, 4.69) is 31.0 Å². The van der Waals surface area contributed by atoms with E-state index in [9.17, 15) is 0 Å². The van der Waals surface area contributed by atoms with Crippen LogP contribution < -0.4 is 4.57 Å². The Balaban J connectivity index is 2.88. The minimum Gasteiger partial charge on any atom is -0.207 e. The van der Waals surface area contributed by atoms with Crippen molar-refractivity contribution in [1.82, 2.24) is 0 Å². The van der Waals surface area contributed by atoms with Crippen molar-refractivity contribution < 1.29 is 4.57 Å². The fraction of sp³-hybridized carbons (Fsp3) is 0.100. The van der Waals surface area contributed by atoms with Gasteiger partial charge in [0.2, 0.25) is 0 Å². The number of hydrogen-bond donors (Lipinski definition) is 1. The molecule has 0 unspecified atom stereocenters. The summed E-state index contributed by atoms with van der Waals surface area (Å²) in [4.78, 5) is 1.03. The third-order valence-corrected chi connectivity index (χ3v) is 2.33. The van der Waals surface area contributed by atoms with Gasteiger partial charge in [0.15, 0.2) is 12.4 Å². The Hall–Kier alpha value is -1.02. The SMILES string of the molecule is C[n+]1ccc2cccc(S)c2c1. The van der Waals surface area contributed by atoms with Crippen molar-refractivity contribution in [1.29, 1.82) is 0 Å². The van der Waals surface area contributed by atoms with Gasteiger partial charge in [-0.3, -0.25) is 0 Å². The van der Waals surface area contributed by atoms with Crippen LogP contribution in [0.4, 0.5) is 0 Å². The molecule has 1 heterocycles. The van der Waals surface area contributed by atoms with Gasteiger partial charge in [0.05, 0.1) is 5.39 Å². The van der Waals surface area contributed by atoms with Crippen LogP contribution in [-0.4, -0.2) is 0 Å². The van der Waals surface area contributed by atoms with Crippen LogP contribution in [0, 0.1) is 0 Å². The predicted molar refractivity (Wildman–Crippen MR) is 52.4 cm³/mol. The molecule has 0 aliphatic rings. The Morgan fingerprint density at radius 3 is 2.92 bits per heavy atom. The van der Waals surface area contributed by atoms with Crippen molar-refractivity contribution in [3.63, 3.8) is 0 Å². The highest BCUT2D eigenvalue weighted by Gasteiger charge is 2.00. The lowest BCUT2D eigenvalue weighted by Crippen LogP contribution is -2.25. The average molecular weight is 176 g/mol. The van der Waals surface area contributed by atoms with Crippen molar-refractivity contribution >= 4 is 23.4 Å². The molecule has 0 aliphatic heterocycles. The third-order valence-electron chi connectivity index (χ3n) is 1.94. The highest BCUT2D eigenvalue weighted by atomic mass is 32.1. The Morgan fingerprint density at radius 2 is 2.08 bits per heavy atom. The van der Waals surface area contributed by atoms with E-state index in [1.54, 1.807) is 0 Å². The molecular formula is C10H10NS+. The molecule has 0 radical (unpaired) electrons. The molecule has 2 rings (SSSR count). The Kier molecular flexibility index (Phi) is 1.77. The molecule has 0 N–H and O–H groups in total. The van der Waals surface area contributed by atoms with Crippen molar-refractivity contribution in [3.05, 3.63) is 36.7 Å². The highest BCUT2D eigenvalue weighted by molar-refractivity contribution is 7.80. The molecule has 0 saturated carbocycles. The van der Waals surface area contributed by atoms with Crippen LogP contribution >= 0.6 is 12.6 Å². The summed E-state index contributed by atoms with van der Waals surface area (Å²) in [6.07, 6.45) is 4.12. The van der Waals surface area contributed by atoms with Crippen LogP contribution in [0.1, 0.15) is 0 Å². The fourth-order valence-electron chi connectivity index (χ4n) is 1.30. The second kappa shape index (κ2) is 2.79. The quantitative estimate of drug-likeness (QED) is 0.462. The molecule has 2 heteroatoms. The number of nitrogens with zero attached hydrogens (tertiary/aromatic N) is 1. The molecule has 0 atom stereocenters. The monoisotopic (exact) mass is 176 g/mol. The molecule has 0 fully saturated rings. The van der Waals surface area contributed by atoms with Crippen LogP contribution in [0.3, 0.4) is 0 Å². The van der Waals surface area contributed by atoms with E-state index in [0.29, 0.717) is 0 Å². The van der Waals surface area contributed by atoms with Crippen LogP contribution in [0.2, 0.25) is 0 Å². The summed E-state index contributed by atoms with van der Waals surface area (Å²) >= 11 is 4.38. The summed E-state index contributed by atoms with van der Waals surface area (Å²) in [7, 11) is 2.01. The van der Waals surface area contributed by atoms with Gasteiger partial charge >= 0.3 is 0 Å². The largest absolute Gasteiger partial charge is 0.207 e. The maximum Gasteiger partial charge on any atom is 0.177 e. The average Bonchev–Trinajstić information content (AvgIpc) is 2.07. The van der Waals surface area contributed by atoms with E-state index >= 15 is 0 Å². The third kappa shape index (κ3) is 1.18. The van der Waals surface area contributed by atoms with Gasteiger partial charge in [-0.05, 0) is 11.5 Å². The second-order valence-electron chi connectivity index (χ2n) is 2.89. The number of rotatable bonds is 0. The maximum atomic E-state index is 4.38. The highest BCUT2D eigenvalue weighted by Crippen LogP contribution is 2.19. The molecule has 1 aromatic heterocycles. The molecule has 0 amide bonds. The zero-order valence-corrected chi connectivity index (χ0v) is 7.75. The first-order valence-corrected chi connectivity index (χ1v) is 4.29. The van der Waals surface area contributed by atoms with Crippen molar-refractivity contribution in [2.75, 3.05) is 0 Å². The summed E-state index contributed by atoms with van der Waals surface area (Å²) in [5.41, 5.74) is 0. The van der Waals surface area contributed by atoms with Gasteiger partial charge in [0.25, 0.3) is 0 Å². The van der Waals surface area contributed by atoms with E-state index in [1.807, 2.05) is 29.9 Å². The number of benzene rings is 1. The van der Waals surface area contributed by atoms with Gasteiger partial charge in [-0.1, -0.05) is 12.1 Å². The molecule has 0 spiro atoms. The standard InChI is InChI=1S/C10H9NS/c1-11-6-5-8-3-2-4-10(12)9(8)7-11/h2-7H,1H3/p+1. The minimum atomic E-state index is 1.03. The molecule has 1 aromatic carbocycles. The number of aromatic nitrogens is 1. The zero-order valence-electron chi connectivity index (χ0n) is 6.86. The van der Waals surface area contributed by atoms with E-state index in [-0.39, 0.29) is 0 Å². The minimum absolute atomic E-state index is 1.03. The molecular weight excluding hydrogens is 166 g/mol. The molecule has 1 nitrogen and oxygen atoms in total. The van der Waals surface area contributed by atoms with Gasteiger partial charge in [-0.25, -0.2) is 4.57 Å². The lowest BCUT2D eigenvalue weighted by molar-refractivity contribution is -0.670. The second-order valence-corrected chi connectivity index (χ2v) is 3.37. The van der Waals surface area contributed by atoms with E-state index in [0.717, 1.165) is 4.90 Å². The number of hydrogen-bond acceptors (Lipinski definition) is 1. The van der Waals surface area contributed by atoms with Gasteiger partial charge in [0, 0.05) is 11.0 Å². The summed E-state index contributed by atoms with van der Waals surface area (Å²) in [6.45, 7) is 0. The molecule has 60 valence electrons. The smallest absolute Gasteiger partial charge is 0.177 e.